The summed E-state index contributed by atoms with van der Waals surface area (Å²) in [5.74, 6) is 1.62. The highest BCUT2D eigenvalue weighted by atomic mass is 16.7. The number of rotatable bonds is 6. The van der Waals surface area contributed by atoms with Crippen molar-refractivity contribution in [3.63, 3.8) is 0 Å². The summed E-state index contributed by atoms with van der Waals surface area (Å²) in [6.07, 6.45) is 7.34. The predicted octanol–water partition coefficient (Wildman–Crippen LogP) is 1.83. The van der Waals surface area contributed by atoms with Gasteiger partial charge in [0, 0.05) is 38.6 Å². The maximum absolute atomic E-state index is 13.1. The van der Waals surface area contributed by atoms with Gasteiger partial charge in [0.1, 0.15) is 0 Å². The van der Waals surface area contributed by atoms with Crippen LogP contribution in [0, 0.1) is 17.8 Å². The van der Waals surface area contributed by atoms with E-state index >= 15 is 0 Å². The average Bonchev–Trinajstić information content (AvgIpc) is 2.71. The highest BCUT2D eigenvalue weighted by Gasteiger charge is 2.40. The van der Waals surface area contributed by atoms with Crippen LogP contribution < -0.4 is 16.1 Å². The Hall–Kier alpha value is -1.18. The predicted molar refractivity (Wildman–Crippen MR) is 113 cm³/mol. The smallest absolute Gasteiger partial charge is 0.251 e. The molecular formula is C22H40N4O3. The molecule has 0 aromatic heterocycles. The van der Waals surface area contributed by atoms with Gasteiger partial charge in [-0.1, -0.05) is 20.3 Å². The third-order valence-corrected chi connectivity index (χ3v) is 7.27. The van der Waals surface area contributed by atoms with Crippen LogP contribution in [0.1, 0.15) is 65.2 Å². The van der Waals surface area contributed by atoms with E-state index in [9.17, 15) is 9.59 Å². The minimum Gasteiger partial charge on any atom is -0.349 e. The van der Waals surface area contributed by atoms with Crippen LogP contribution >= 0.6 is 0 Å². The van der Waals surface area contributed by atoms with Crippen LogP contribution in [0.15, 0.2) is 0 Å². The van der Waals surface area contributed by atoms with Gasteiger partial charge in [-0.15, -0.1) is 0 Å². The maximum atomic E-state index is 13.1. The molecule has 0 aromatic rings. The summed E-state index contributed by atoms with van der Waals surface area (Å²) in [7, 11) is 3.56. The van der Waals surface area contributed by atoms with Crippen molar-refractivity contribution >= 4 is 11.8 Å². The Morgan fingerprint density at radius 2 is 1.90 bits per heavy atom. The second-order valence-electron chi connectivity index (χ2n) is 9.70. The first-order valence-corrected chi connectivity index (χ1v) is 11.5. The van der Waals surface area contributed by atoms with E-state index in [2.05, 4.69) is 30.0 Å². The zero-order chi connectivity index (χ0) is 21.0. The molecule has 1 saturated carbocycles. The van der Waals surface area contributed by atoms with Gasteiger partial charge < -0.3 is 15.5 Å². The third kappa shape index (κ3) is 5.70. The summed E-state index contributed by atoms with van der Waals surface area (Å²) in [5, 5.41) is 6.84. The van der Waals surface area contributed by atoms with Crippen LogP contribution in [-0.4, -0.2) is 61.6 Å². The Bertz CT molecular complexity index is 570. The van der Waals surface area contributed by atoms with Crippen molar-refractivity contribution in [3.05, 3.63) is 0 Å². The molecule has 2 heterocycles. The van der Waals surface area contributed by atoms with E-state index in [0.29, 0.717) is 36.6 Å². The van der Waals surface area contributed by atoms with Crippen molar-refractivity contribution in [2.24, 2.45) is 17.8 Å². The average molecular weight is 409 g/mol. The molecule has 0 bridgehead atoms. The number of hydroxylamine groups is 1. The third-order valence-electron chi connectivity index (χ3n) is 7.27. The number of nitrogens with one attached hydrogen (secondary N) is 3. The number of piperidine rings is 1. The lowest BCUT2D eigenvalue weighted by atomic mass is 9.75. The number of amides is 2. The Morgan fingerprint density at radius 3 is 2.62 bits per heavy atom. The quantitative estimate of drug-likeness (QED) is 0.625. The number of hydrogen-bond acceptors (Lipinski definition) is 5. The molecule has 7 nitrogen and oxygen atoms in total. The molecular weight excluding hydrogens is 368 g/mol. The van der Waals surface area contributed by atoms with E-state index in [1.165, 1.54) is 12.8 Å². The Kier molecular flexibility index (Phi) is 7.93. The highest BCUT2D eigenvalue weighted by molar-refractivity contribution is 5.81. The fraction of sp³-hybridized carbons (Fsp3) is 0.909. The molecule has 3 rings (SSSR count). The van der Waals surface area contributed by atoms with E-state index < -0.39 is 6.10 Å². The maximum Gasteiger partial charge on any atom is 0.251 e. The number of hydrogen-bond donors (Lipinski definition) is 3. The summed E-state index contributed by atoms with van der Waals surface area (Å²) >= 11 is 0. The molecule has 7 unspecified atom stereocenters. The monoisotopic (exact) mass is 408 g/mol. The van der Waals surface area contributed by atoms with Gasteiger partial charge in [-0.3, -0.25) is 14.4 Å². The van der Waals surface area contributed by atoms with Crippen LogP contribution in [-0.2, 0) is 14.4 Å². The first kappa shape index (κ1) is 22.5. The minimum absolute atomic E-state index is 0.0453. The molecule has 29 heavy (non-hydrogen) atoms. The van der Waals surface area contributed by atoms with Crippen LogP contribution in [0.4, 0.5) is 0 Å². The van der Waals surface area contributed by atoms with Gasteiger partial charge in [0.25, 0.3) is 5.91 Å². The standard InChI is InChI=1S/C22H40N4O3/c1-14-7-5-9-16-13-18(29-25-20(14)16)22(28)24-17(10-11-19(27)26(3)4)21-15(2)8-6-12-23-21/h14-18,20-21,23,25H,5-13H2,1-4H3,(H,24,28). The van der Waals surface area contributed by atoms with Gasteiger partial charge in [-0.05, 0) is 62.8 Å². The lowest BCUT2D eigenvalue weighted by Gasteiger charge is -2.43. The second kappa shape index (κ2) is 10.2. The lowest BCUT2D eigenvalue weighted by Crippen LogP contribution is -2.59. The first-order chi connectivity index (χ1) is 13.9. The molecule has 1 aliphatic carbocycles. The molecule has 7 atom stereocenters. The van der Waals surface area contributed by atoms with Crippen molar-refractivity contribution in [1.29, 1.82) is 0 Å². The molecule has 166 valence electrons. The van der Waals surface area contributed by atoms with Gasteiger partial charge in [0.05, 0.1) is 0 Å². The molecule has 3 fully saturated rings. The Balaban J connectivity index is 1.61. The van der Waals surface area contributed by atoms with Crippen LogP contribution in [0.2, 0.25) is 0 Å². The second-order valence-corrected chi connectivity index (χ2v) is 9.70. The summed E-state index contributed by atoms with van der Waals surface area (Å²) in [6.45, 7) is 5.46. The molecule has 3 aliphatic rings. The van der Waals surface area contributed by atoms with E-state index in [-0.39, 0.29) is 23.9 Å². The van der Waals surface area contributed by atoms with E-state index in [0.717, 1.165) is 32.2 Å². The van der Waals surface area contributed by atoms with Gasteiger partial charge >= 0.3 is 0 Å². The Labute approximate surface area is 175 Å². The summed E-state index contributed by atoms with van der Waals surface area (Å²) < 4.78 is 0. The summed E-state index contributed by atoms with van der Waals surface area (Å²) in [4.78, 5) is 32.7. The number of carbonyl (C=O) groups excluding carboxylic acids is 2. The zero-order valence-electron chi connectivity index (χ0n) is 18.6. The van der Waals surface area contributed by atoms with Crippen LogP contribution in [0.3, 0.4) is 0 Å². The molecule has 3 N–H and O–H groups in total. The topological polar surface area (TPSA) is 82.7 Å². The molecule has 2 saturated heterocycles. The van der Waals surface area contributed by atoms with Gasteiger partial charge in [0.2, 0.25) is 5.91 Å². The van der Waals surface area contributed by atoms with E-state index in [1.54, 1.807) is 19.0 Å². The molecule has 2 aliphatic heterocycles. The molecule has 0 radical (unpaired) electrons. The first-order valence-electron chi connectivity index (χ1n) is 11.5. The van der Waals surface area contributed by atoms with Crippen molar-refractivity contribution < 1.29 is 14.4 Å². The molecule has 7 heteroatoms. The lowest BCUT2D eigenvalue weighted by molar-refractivity contribution is -0.159. The number of nitrogens with zero attached hydrogens (tertiary/aromatic N) is 1. The van der Waals surface area contributed by atoms with Crippen molar-refractivity contribution in [2.45, 2.75) is 89.4 Å². The van der Waals surface area contributed by atoms with Crippen LogP contribution in [0.25, 0.3) is 0 Å². The summed E-state index contributed by atoms with van der Waals surface area (Å²) in [5.41, 5.74) is 3.19. The van der Waals surface area contributed by atoms with Crippen molar-refractivity contribution in [1.82, 2.24) is 21.0 Å². The van der Waals surface area contributed by atoms with Crippen molar-refractivity contribution in [2.75, 3.05) is 20.6 Å². The molecule has 2 amide bonds. The largest absolute Gasteiger partial charge is 0.349 e. The van der Waals surface area contributed by atoms with E-state index in [1.807, 2.05) is 0 Å². The van der Waals surface area contributed by atoms with Crippen molar-refractivity contribution in [3.8, 4) is 0 Å². The van der Waals surface area contributed by atoms with E-state index in [4.69, 9.17) is 4.84 Å². The number of carbonyl (C=O) groups is 2. The molecule has 0 spiro atoms. The fourth-order valence-electron chi connectivity index (χ4n) is 5.38. The summed E-state index contributed by atoms with van der Waals surface area (Å²) in [6, 6.07) is 0.497. The highest BCUT2D eigenvalue weighted by Crippen LogP contribution is 2.35. The number of fused-ring (bicyclic) bond motifs is 1. The normalized spacial score (nSPS) is 36.0. The molecule has 0 aromatic carbocycles. The van der Waals surface area contributed by atoms with Gasteiger partial charge in [-0.25, -0.2) is 0 Å². The zero-order valence-corrected chi connectivity index (χ0v) is 18.6. The fourth-order valence-corrected chi connectivity index (χ4v) is 5.38. The Morgan fingerprint density at radius 1 is 1.14 bits per heavy atom. The van der Waals surface area contributed by atoms with Gasteiger partial charge in [-0.2, -0.15) is 5.48 Å². The van der Waals surface area contributed by atoms with Gasteiger partial charge in [0.15, 0.2) is 6.10 Å². The minimum atomic E-state index is -0.451. The van der Waals surface area contributed by atoms with Crippen LogP contribution in [0.5, 0.6) is 0 Å². The SMILES string of the molecule is CC1CCCC2CC(C(=O)NC(CCC(=O)N(C)C)C3NCCCC3C)ONC12.